The summed E-state index contributed by atoms with van der Waals surface area (Å²) in [7, 11) is 0. The predicted molar refractivity (Wildman–Crippen MR) is 73.3 cm³/mol. The van der Waals surface area contributed by atoms with Crippen molar-refractivity contribution in [2.24, 2.45) is 0 Å². The van der Waals surface area contributed by atoms with Crippen molar-refractivity contribution in [2.45, 2.75) is 44.6 Å². The summed E-state index contributed by atoms with van der Waals surface area (Å²) in [5.41, 5.74) is 0.589. The number of hydrogen-bond donors (Lipinski definition) is 1. The fourth-order valence-electron chi connectivity index (χ4n) is 2.26. The third-order valence-corrected chi connectivity index (χ3v) is 4.42. The van der Waals surface area contributed by atoms with Crippen LogP contribution in [0.4, 0.5) is 5.13 Å². The van der Waals surface area contributed by atoms with Crippen LogP contribution in [-0.2, 0) is 0 Å². The van der Waals surface area contributed by atoms with Crippen molar-refractivity contribution in [1.82, 2.24) is 10.3 Å². The predicted octanol–water partition coefficient (Wildman–Crippen LogP) is 2.42. The average molecular weight is 265 g/mol. The van der Waals surface area contributed by atoms with Crippen molar-refractivity contribution in [1.29, 1.82) is 0 Å². The second-order valence-corrected chi connectivity index (χ2v) is 6.00. The highest BCUT2D eigenvalue weighted by Crippen LogP contribution is 2.24. The molecule has 2 fully saturated rings. The molecule has 5 heteroatoms. The van der Waals surface area contributed by atoms with E-state index in [2.05, 4.69) is 15.2 Å². The second kappa shape index (κ2) is 5.26. The molecule has 0 bridgehead atoms. The Labute approximate surface area is 111 Å². The van der Waals surface area contributed by atoms with Gasteiger partial charge in [-0.2, -0.15) is 0 Å². The van der Waals surface area contributed by atoms with Gasteiger partial charge in [0.05, 0.1) is 0 Å². The summed E-state index contributed by atoms with van der Waals surface area (Å²) >= 11 is 1.60. The van der Waals surface area contributed by atoms with Gasteiger partial charge in [0, 0.05) is 24.5 Å². The van der Waals surface area contributed by atoms with Gasteiger partial charge in [0.1, 0.15) is 5.69 Å². The largest absolute Gasteiger partial charge is 0.348 e. The van der Waals surface area contributed by atoms with E-state index in [-0.39, 0.29) is 5.91 Å². The molecule has 1 aromatic rings. The number of thiazole rings is 1. The normalized spacial score (nSPS) is 20.6. The van der Waals surface area contributed by atoms with Gasteiger partial charge in [-0.05, 0) is 25.7 Å². The quantitative estimate of drug-likeness (QED) is 0.913. The Hall–Kier alpha value is -1.10. The van der Waals surface area contributed by atoms with E-state index in [0.29, 0.717) is 11.7 Å². The lowest BCUT2D eigenvalue weighted by Gasteiger charge is -2.18. The number of carbonyl (C=O) groups is 1. The fraction of sp³-hybridized carbons (Fsp3) is 0.692. The van der Waals surface area contributed by atoms with Crippen LogP contribution in [0.3, 0.4) is 0 Å². The van der Waals surface area contributed by atoms with Crippen LogP contribution in [0.2, 0.25) is 0 Å². The molecule has 0 unspecified atom stereocenters. The van der Waals surface area contributed by atoms with E-state index >= 15 is 0 Å². The summed E-state index contributed by atoms with van der Waals surface area (Å²) in [5, 5.41) is 5.88. The van der Waals surface area contributed by atoms with Gasteiger partial charge in [0.25, 0.3) is 5.91 Å². The molecule has 1 saturated carbocycles. The van der Waals surface area contributed by atoms with Crippen LogP contribution in [0.5, 0.6) is 0 Å². The van der Waals surface area contributed by atoms with Crippen LogP contribution in [-0.4, -0.2) is 30.0 Å². The van der Waals surface area contributed by atoms with Gasteiger partial charge < -0.3 is 10.2 Å². The minimum Gasteiger partial charge on any atom is -0.348 e. The number of anilines is 1. The van der Waals surface area contributed by atoms with E-state index in [0.717, 1.165) is 31.1 Å². The number of nitrogens with one attached hydrogen (secondary N) is 1. The van der Waals surface area contributed by atoms with Crippen LogP contribution >= 0.6 is 11.3 Å². The monoisotopic (exact) mass is 265 g/mol. The fourth-order valence-corrected chi connectivity index (χ4v) is 3.12. The molecule has 2 heterocycles. The Morgan fingerprint density at radius 2 is 2.00 bits per heavy atom. The SMILES string of the molecule is O=C(NC1CC1)c1csc(N2CCCCCC2)n1. The topological polar surface area (TPSA) is 45.2 Å². The smallest absolute Gasteiger partial charge is 0.271 e. The maximum absolute atomic E-state index is 11.9. The van der Waals surface area contributed by atoms with Crippen molar-refractivity contribution in [3.8, 4) is 0 Å². The first-order chi connectivity index (χ1) is 8.83. The number of nitrogens with zero attached hydrogens (tertiary/aromatic N) is 2. The molecule has 1 aliphatic heterocycles. The van der Waals surface area contributed by atoms with E-state index in [1.807, 2.05) is 5.38 Å². The molecule has 1 N–H and O–H groups in total. The van der Waals surface area contributed by atoms with Gasteiger partial charge in [0.15, 0.2) is 5.13 Å². The van der Waals surface area contributed by atoms with Crippen molar-refractivity contribution < 1.29 is 4.79 Å². The summed E-state index contributed by atoms with van der Waals surface area (Å²) in [5.74, 6) is -0.00479. The minimum absolute atomic E-state index is 0.00479. The first-order valence-corrected chi connectivity index (χ1v) is 7.72. The number of carbonyl (C=O) groups excluding carboxylic acids is 1. The third-order valence-electron chi connectivity index (χ3n) is 3.51. The lowest BCUT2D eigenvalue weighted by Crippen LogP contribution is -2.26. The highest BCUT2D eigenvalue weighted by molar-refractivity contribution is 7.13. The first kappa shape index (κ1) is 12.0. The Morgan fingerprint density at radius 3 is 2.67 bits per heavy atom. The summed E-state index contributed by atoms with van der Waals surface area (Å²) in [6.45, 7) is 2.16. The number of hydrogen-bond acceptors (Lipinski definition) is 4. The molecular formula is C13H19N3OS. The van der Waals surface area contributed by atoms with Crippen LogP contribution in [0.15, 0.2) is 5.38 Å². The zero-order valence-electron chi connectivity index (χ0n) is 10.5. The molecule has 18 heavy (non-hydrogen) atoms. The summed E-state index contributed by atoms with van der Waals surface area (Å²) in [4.78, 5) is 18.7. The number of aromatic nitrogens is 1. The van der Waals surface area contributed by atoms with Crippen LogP contribution in [0.1, 0.15) is 49.0 Å². The number of amides is 1. The van der Waals surface area contributed by atoms with Gasteiger partial charge in [-0.15, -0.1) is 11.3 Å². The Morgan fingerprint density at radius 1 is 1.28 bits per heavy atom. The summed E-state index contributed by atoms with van der Waals surface area (Å²) < 4.78 is 0. The lowest BCUT2D eigenvalue weighted by molar-refractivity contribution is 0.0947. The highest BCUT2D eigenvalue weighted by atomic mass is 32.1. The standard InChI is InChI=1S/C13H19N3OS/c17-12(14-10-5-6-10)11-9-18-13(15-11)16-7-3-1-2-4-8-16/h9-10H,1-8H2,(H,14,17). The van der Waals surface area contributed by atoms with E-state index in [4.69, 9.17) is 0 Å². The molecule has 0 spiro atoms. The Balaban J connectivity index is 1.65. The van der Waals surface area contributed by atoms with E-state index in [1.54, 1.807) is 11.3 Å². The number of rotatable bonds is 3. The maximum atomic E-state index is 11.9. The molecule has 1 aromatic heterocycles. The van der Waals surface area contributed by atoms with Crippen LogP contribution < -0.4 is 10.2 Å². The van der Waals surface area contributed by atoms with Crippen molar-refractivity contribution in [2.75, 3.05) is 18.0 Å². The van der Waals surface area contributed by atoms with Gasteiger partial charge >= 0.3 is 0 Å². The zero-order chi connectivity index (χ0) is 12.4. The molecule has 2 aliphatic rings. The molecule has 0 radical (unpaired) electrons. The Kier molecular flexibility index (Phi) is 3.50. The van der Waals surface area contributed by atoms with E-state index < -0.39 is 0 Å². The average Bonchev–Trinajstić information content (AvgIpc) is 3.11. The molecule has 0 aromatic carbocycles. The molecule has 0 atom stereocenters. The van der Waals surface area contributed by atoms with Crippen molar-refractivity contribution in [3.05, 3.63) is 11.1 Å². The minimum atomic E-state index is -0.00479. The van der Waals surface area contributed by atoms with Gasteiger partial charge in [0.2, 0.25) is 0 Å². The third kappa shape index (κ3) is 2.83. The highest BCUT2D eigenvalue weighted by Gasteiger charge is 2.25. The van der Waals surface area contributed by atoms with E-state index in [1.165, 1.54) is 25.7 Å². The zero-order valence-corrected chi connectivity index (χ0v) is 11.3. The van der Waals surface area contributed by atoms with Gasteiger partial charge in [-0.1, -0.05) is 12.8 Å². The van der Waals surface area contributed by atoms with Gasteiger partial charge in [-0.3, -0.25) is 4.79 Å². The second-order valence-electron chi connectivity index (χ2n) is 5.16. The maximum Gasteiger partial charge on any atom is 0.271 e. The molecule has 1 aliphatic carbocycles. The Bertz CT molecular complexity index is 420. The molecule has 1 amide bonds. The van der Waals surface area contributed by atoms with Crippen LogP contribution in [0, 0.1) is 0 Å². The molecule has 1 saturated heterocycles. The summed E-state index contributed by atoms with van der Waals surface area (Å²) in [6, 6.07) is 0.404. The molecule has 4 nitrogen and oxygen atoms in total. The van der Waals surface area contributed by atoms with Gasteiger partial charge in [-0.25, -0.2) is 4.98 Å². The lowest BCUT2D eigenvalue weighted by atomic mass is 10.2. The van der Waals surface area contributed by atoms with Crippen molar-refractivity contribution in [3.63, 3.8) is 0 Å². The molecule has 98 valence electrons. The summed E-state index contributed by atoms with van der Waals surface area (Å²) in [6.07, 6.45) is 7.35. The van der Waals surface area contributed by atoms with Crippen molar-refractivity contribution >= 4 is 22.4 Å². The van der Waals surface area contributed by atoms with E-state index in [9.17, 15) is 4.79 Å². The molecular weight excluding hydrogens is 246 g/mol. The molecule has 3 rings (SSSR count). The first-order valence-electron chi connectivity index (χ1n) is 6.84. The van der Waals surface area contributed by atoms with Crippen LogP contribution in [0.25, 0.3) is 0 Å².